The zero-order valence-electron chi connectivity index (χ0n) is 7.57. The fraction of sp³-hybridized carbons (Fsp3) is 0.222. The Hall–Kier alpha value is -1.23. The summed E-state index contributed by atoms with van der Waals surface area (Å²) in [5.41, 5.74) is 0.746. The third-order valence-electron chi connectivity index (χ3n) is 1.75. The van der Waals surface area contributed by atoms with E-state index in [1.807, 2.05) is 12.1 Å². The van der Waals surface area contributed by atoms with Gasteiger partial charge in [0.25, 0.3) is 0 Å². The number of hydrogen-bond donors (Lipinski definition) is 0. The van der Waals surface area contributed by atoms with Gasteiger partial charge in [-0.1, -0.05) is 15.9 Å². The highest BCUT2D eigenvalue weighted by Gasteiger charge is 2.05. The molecule has 0 N–H and O–H groups in total. The van der Waals surface area contributed by atoms with E-state index in [1.165, 1.54) is 6.92 Å². The standard InChI is InChI=1S/C9H8BrN3O/c1-6(14)4-8-11-9-5-7(10)2-3-13(9)12-8/h2-3,5H,4H2,1H3. The highest BCUT2D eigenvalue weighted by Crippen LogP contribution is 2.11. The fourth-order valence-electron chi connectivity index (χ4n) is 1.20. The second-order valence-electron chi connectivity index (χ2n) is 3.05. The number of halogens is 1. The first-order chi connectivity index (χ1) is 6.65. The Labute approximate surface area is 89.1 Å². The smallest absolute Gasteiger partial charge is 0.159 e. The summed E-state index contributed by atoms with van der Waals surface area (Å²) in [5, 5.41) is 4.16. The summed E-state index contributed by atoms with van der Waals surface area (Å²) >= 11 is 3.34. The molecule has 72 valence electrons. The zero-order chi connectivity index (χ0) is 10.1. The molecule has 0 aromatic carbocycles. The number of aromatic nitrogens is 3. The Kier molecular flexibility index (Phi) is 2.33. The van der Waals surface area contributed by atoms with Gasteiger partial charge < -0.3 is 0 Å². The van der Waals surface area contributed by atoms with Crippen molar-refractivity contribution in [3.05, 3.63) is 28.6 Å². The number of Topliss-reactive ketones (excluding diaryl/α,β-unsaturated/α-hetero) is 1. The van der Waals surface area contributed by atoms with Gasteiger partial charge in [0.1, 0.15) is 5.78 Å². The third-order valence-corrected chi connectivity index (χ3v) is 2.24. The lowest BCUT2D eigenvalue weighted by molar-refractivity contribution is -0.116. The first-order valence-electron chi connectivity index (χ1n) is 4.15. The molecule has 0 saturated carbocycles. The van der Waals surface area contributed by atoms with Gasteiger partial charge in [0, 0.05) is 10.7 Å². The van der Waals surface area contributed by atoms with Crippen LogP contribution in [0.1, 0.15) is 12.7 Å². The molecular weight excluding hydrogens is 246 g/mol. The Bertz CT molecular complexity index is 492. The van der Waals surface area contributed by atoms with Crippen LogP contribution in [0, 0.1) is 0 Å². The van der Waals surface area contributed by atoms with Crippen LogP contribution >= 0.6 is 15.9 Å². The van der Waals surface area contributed by atoms with E-state index in [4.69, 9.17) is 0 Å². The molecule has 0 aliphatic heterocycles. The number of carbonyl (C=O) groups excluding carboxylic acids is 1. The Morgan fingerprint density at radius 1 is 1.64 bits per heavy atom. The van der Waals surface area contributed by atoms with Crippen LogP contribution in [0.25, 0.3) is 5.65 Å². The lowest BCUT2D eigenvalue weighted by Gasteiger charge is -1.89. The van der Waals surface area contributed by atoms with Crippen LogP contribution in [0.3, 0.4) is 0 Å². The maximum absolute atomic E-state index is 10.9. The van der Waals surface area contributed by atoms with Gasteiger partial charge in [-0.15, -0.1) is 0 Å². The Balaban J connectivity index is 2.46. The van der Waals surface area contributed by atoms with Gasteiger partial charge in [-0.25, -0.2) is 9.50 Å². The maximum atomic E-state index is 10.9. The van der Waals surface area contributed by atoms with E-state index in [1.54, 1.807) is 10.7 Å². The van der Waals surface area contributed by atoms with Crippen molar-refractivity contribution in [1.29, 1.82) is 0 Å². The molecule has 0 amide bonds. The number of rotatable bonds is 2. The van der Waals surface area contributed by atoms with Gasteiger partial charge in [0.15, 0.2) is 11.5 Å². The van der Waals surface area contributed by atoms with Crippen molar-refractivity contribution >= 4 is 27.4 Å². The summed E-state index contributed by atoms with van der Waals surface area (Å²) in [6.07, 6.45) is 2.09. The van der Waals surface area contributed by atoms with E-state index in [9.17, 15) is 4.79 Å². The van der Waals surface area contributed by atoms with Crippen molar-refractivity contribution in [1.82, 2.24) is 14.6 Å². The van der Waals surface area contributed by atoms with E-state index >= 15 is 0 Å². The summed E-state index contributed by atoms with van der Waals surface area (Å²) in [5.74, 6) is 0.635. The second-order valence-corrected chi connectivity index (χ2v) is 3.97. The number of nitrogens with zero attached hydrogens (tertiary/aromatic N) is 3. The molecule has 0 saturated heterocycles. The van der Waals surface area contributed by atoms with Crippen molar-refractivity contribution in [2.45, 2.75) is 13.3 Å². The molecule has 0 unspecified atom stereocenters. The van der Waals surface area contributed by atoms with Gasteiger partial charge in [-0.3, -0.25) is 4.79 Å². The number of fused-ring (bicyclic) bond motifs is 1. The van der Waals surface area contributed by atoms with Crippen molar-refractivity contribution in [2.75, 3.05) is 0 Å². The zero-order valence-corrected chi connectivity index (χ0v) is 9.15. The molecule has 5 heteroatoms. The lowest BCUT2D eigenvalue weighted by atomic mass is 10.3. The lowest BCUT2D eigenvalue weighted by Crippen LogP contribution is -1.98. The number of hydrogen-bond acceptors (Lipinski definition) is 3. The quantitative estimate of drug-likeness (QED) is 0.818. The average Bonchev–Trinajstić information content (AvgIpc) is 2.44. The molecule has 2 heterocycles. The van der Waals surface area contributed by atoms with Gasteiger partial charge in [0.05, 0.1) is 6.42 Å². The monoisotopic (exact) mass is 253 g/mol. The predicted molar refractivity (Wildman–Crippen MR) is 55.1 cm³/mol. The Morgan fingerprint density at radius 3 is 3.14 bits per heavy atom. The van der Waals surface area contributed by atoms with E-state index < -0.39 is 0 Å². The summed E-state index contributed by atoms with van der Waals surface area (Å²) < 4.78 is 2.61. The Morgan fingerprint density at radius 2 is 2.43 bits per heavy atom. The molecule has 14 heavy (non-hydrogen) atoms. The van der Waals surface area contributed by atoms with Gasteiger partial charge >= 0.3 is 0 Å². The minimum atomic E-state index is 0.0694. The van der Waals surface area contributed by atoms with Crippen LogP contribution in [0.4, 0.5) is 0 Å². The van der Waals surface area contributed by atoms with Gasteiger partial charge in [-0.05, 0) is 19.1 Å². The highest BCUT2D eigenvalue weighted by atomic mass is 79.9. The van der Waals surface area contributed by atoms with E-state index in [2.05, 4.69) is 26.0 Å². The normalized spacial score (nSPS) is 10.7. The van der Waals surface area contributed by atoms with E-state index in [0.717, 1.165) is 10.1 Å². The van der Waals surface area contributed by atoms with E-state index in [-0.39, 0.29) is 5.78 Å². The van der Waals surface area contributed by atoms with Gasteiger partial charge in [0.2, 0.25) is 0 Å². The van der Waals surface area contributed by atoms with Crippen LogP contribution in [0.5, 0.6) is 0 Å². The van der Waals surface area contributed by atoms with Crippen molar-refractivity contribution in [3.8, 4) is 0 Å². The largest absolute Gasteiger partial charge is 0.300 e. The molecule has 4 nitrogen and oxygen atoms in total. The fourth-order valence-corrected chi connectivity index (χ4v) is 1.52. The molecule has 0 fully saturated rings. The molecular formula is C9H8BrN3O. The molecule has 2 aromatic rings. The van der Waals surface area contributed by atoms with Crippen molar-refractivity contribution in [3.63, 3.8) is 0 Å². The first kappa shape index (κ1) is 9.33. The second kappa shape index (κ2) is 3.49. The first-order valence-corrected chi connectivity index (χ1v) is 4.95. The molecule has 0 bridgehead atoms. The van der Waals surface area contributed by atoms with E-state index in [0.29, 0.717) is 12.2 Å². The molecule has 0 aliphatic carbocycles. The molecule has 2 rings (SSSR count). The van der Waals surface area contributed by atoms with Gasteiger partial charge in [-0.2, -0.15) is 5.10 Å². The minimum absolute atomic E-state index is 0.0694. The summed E-state index contributed by atoms with van der Waals surface area (Å²) in [4.78, 5) is 15.1. The van der Waals surface area contributed by atoms with Crippen LogP contribution in [0.15, 0.2) is 22.8 Å². The van der Waals surface area contributed by atoms with Crippen LogP contribution in [-0.4, -0.2) is 20.4 Å². The highest BCUT2D eigenvalue weighted by molar-refractivity contribution is 9.10. The molecule has 0 spiro atoms. The molecule has 0 atom stereocenters. The average molecular weight is 254 g/mol. The number of carbonyl (C=O) groups is 1. The summed E-state index contributed by atoms with van der Waals surface area (Å²) in [6, 6.07) is 3.73. The SMILES string of the molecule is CC(=O)Cc1nc2cc(Br)ccn2n1. The minimum Gasteiger partial charge on any atom is -0.300 e. The van der Waals surface area contributed by atoms with Crippen LogP contribution in [0.2, 0.25) is 0 Å². The summed E-state index contributed by atoms with van der Waals surface area (Å²) in [7, 11) is 0. The molecule has 0 aliphatic rings. The third kappa shape index (κ3) is 1.82. The molecule has 0 radical (unpaired) electrons. The maximum Gasteiger partial charge on any atom is 0.159 e. The predicted octanol–water partition coefficient (Wildman–Crippen LogP) is 1.62. The van der Waals surface area contributed by atoms with Crippen molar-refractivity contribution < 1.29 is 4.79 Å². The summed E-state index contributed by atoms with van der Waals surface area (Å²) in [6.45, 7) is 1.53. The van der Waals surface area contributed by atoms with Crippen LogP contribution in [-0.2, 0) is 11.2 Å². The topological polar surface area (TPSA) is 47.3 Å². The number of pyridine rings is 1. The number of ketones is 1. The van der Waals surface area contributed by atoms with Crippen LogP contribution < -0.4 is 0 Å². The molecule has 2 aromatic heterocycles. The van der Waals surface area contributed by atoms with Crippen molar-refractivity contribution in [2.24, 2.45) is 0 Å².